The monoisotopic (exact) mass is 395 g/mol. The van der Waals surface area contributed by atoms with E-state index in [1.54, 1.807) is 37.3 Å². The largest absolute Gasteiger partial charge is 0.481 e. The number of nitrogens with one attached hydrogen (secondary N) is 1. The van der Waals surface area contributed by atoms with Crippen LogP contribution in [0.2, 0.25) is 0 Å². The van der Waals surface area contributed by atoms with Crippen molar-refractivity contribution < 1.29 is 14.3 Å². The maximum Gasteiger partial charge on any atom is 0.312 e. The van der Waals surface area contributed by atoms with Gasteiger partial charge < -0.3 is 10.1 Å². The predicted molar refractivity (Wildman–Crippen MR) is 104 cm³/mol. The molecule has 2 aromatic heterocycles. The first-order valence-electron chi connectivity index (χ1n) is 8.78. The van der Waals surface area contributed by atoms with Crippen LogP contribution in [0.5, 0.6) is 0 Å². The third-order valence-electron chi connectivity index (χ3n) is 5.10. The molecule has 0 radical (unpaired) electrons. The topological polar surface area (TPSA) is 88.0 Å². The third kappa shape index (κ3) is 2.18. The smallest absolute Gasteiger partial charge is 0.312 e. The van der Waals surface area contributed by atoms with Crippen molar-refractivity contribution in [2.75, 3.05) is 0 Å². The Morgan fingerprint density at radius 2 is 2.04 bits per heavy atom. The molecule has 1 aliphatic heterocycles. The molecular formula is C20H14FN3O3S. The number of aliphatic carboxylic acids is 1. The summed E-state index contributed by atoms with van der Waals surface area (Å²) in [6.07, 6.45) is 0.318. The molecule has 28 heavy (non-hydrogen) atoms. The quantitative estimate of drug-likeness (QED) is 0.479. The van der Waals surface area contributed by atoms with Gasteiger partial charge in [0.2, 0.25) is 0 Å². The van der Waals surface area contributed by atoms with Crippen LogP contribution in [0, 0.1) is 5.82 Å². The van der Waals surface area contributed by atoms with Crippen LogP contribution in [0.1, 0.15) is 25.0 Å². The molecular weight excluding hydrogens is 381 g/mol. The Bertz CT molecular complexity index is 1360. The molecule has 0 aliphatic carbocycles. The number of rotatable bonds is 4. The fraction of sp³-hybridized carbons (Fsp3) is 0.150. The Balaban J connectivity index is 1.91. The Labute approximate surface area is 162 Å². The van der Waals surface area contributed by atoms with Crippen molar-refractivity contribution in [2.24, 2.45) is 0 Å². The first-order chi connectivity index (χ1) is 13.5. The Morgan fingerprint density at radius 1 is 1.29 bits per heavy atom. The summed E-state index contributed by atoms with van der Waals surface area (Å²) in [5.74, 6) is -2.34. The maximum atomic E-state index is 14.6. The zero-order chi connectivity index (χ0) is 19.6. The van der Waals surface area contributed by atoms with Gasteiger partial charge in [-0.25, -0.2) is 4.39 Å². The average Bonchev–Trinajstić information content (AvgIpc) is 3.27. The summed E-state index contributed by atoms with van der Waals surface area (Å²) in [7, 11) is 0. The number of fused-ring (bicyclic) bond motifs is 2. The molecule has 2 bridgehead atoms. The minimum atomic E-state index is -1.01. The van der Waals surface area contributed by atoms with E-state index in [4.69, 9.17) is 0 Å². The number of benzene rings is 2. The van der Waals surface area contributed by atoms with Gasteiger partial charge in [0.15, 0.2) is 0 Å². The number of carboxylic acid groups (broad SMARTS) is 1. The summed E-state index contributed by atoms with van der Waals surface area (Å²) in [4.78, 5) is 29.0. The van der Waals surface area contributed by atoms with Crippen molar-refractivity contribution in [3.63, 3.8) is 0 Å². The van der Waals surface area contributed by atoms with Gasteiger partial charge in [-0.1, -0.05) is 36.9 Å². The second kappa shape index (κ2) is 5.93. The SMILES string of the molecule is CCC(C(=O)O)c1nn(-c2c3[nH]c4c(ccc(F)c24)S3)c(=O)c2ccccc12. The summed E-state index contributed by atoms with van der Waals surface area (Å²) in [6, 6.07) is 9.86. The lowest BCUT2D eigenvalue weighted by molar-refractivity contribution is -0.138. The molecule has 1 unspecified atom stereocenters. The highest BCUT2D eigenvalue weighted by atomic mass is 32.2. The molecule has 140 valence electrons. The molecule has 1 atom stereocenters. The average molecular weight is 395 g/mol. The minimum Gasteiger partial charge on any atom is -0.481 e. The van der Waals surface area contributed by atoms with Crippen LogP contribution in [-0.2, 0) is 4.79 Å². The summed E-state index contributed by atoms with van der Waals surface area (Å²) in [5, 5.41) is 15.9. The number of carbonyl (C=O) groups is 1. The summed E-state index contributed by atoms with van der Waals surface area (Å²) in [6.45, 7) is 1.76. The molecule has 1 aliphatic rings. The maximum absolute atomic E-state index is 14.6. The van der Waals surface area contributed by atoms with Crippen molar-refractivity contribution in [1.29, 1.82) is 0 Å². The normalized spacial score (nSPS) is 13.6. The molecule has 3 heterocycles. The molecule has 0 spiro atoms. The zero-order valence-electron chi connectivity index (χ0n) is 14.7. The highest BCUT2D eigenvalue weighted by molar-refractivity contribution is 8.00. The van der Waals surface area contributed by atoms with Gasteiger partial charge in [-0.2, -0.15) is 9.78 Å². The van der Waals surface area contributed by atoms with Crippen LogP contribution in [0.3, 0.4) is 0 Å². The molecule has 5 rings (SSSR count). The van der Waals surface area contributed by atoms with Gasteiger partial charge in [-0.15, -0.1) is 0 Å². The van der Waals surface area contributed by atoms with Gasteiger partial charge >= 0.3 is 5.97 Å². The summed E-state index contributed by atoms with van der Waals surface area (Å²) >= 11 is 1.41. The molecule has 2 aromatic carbocycles. The molecule has 8 heteroatoms. The predicted octanol–water partition coefficient (Wildman–Crippen LogP) is 4.05. The Kier molecular flexibility index (Phi) is 3.60. The van der Waals surface area contributed by atoms with Crippen LogP contribution >= 0.6 is 11.8 Å². The van der Waals surface area contributed by atoms with Crippen molar-refractivity contribution in [3.8, 4) is 5.69 Å². The first kappa shape index (κ1) is 17.0. The molecule has 0 saturated heterocycles. The van der Waals surface area contributed by atoms with Crippen molar-refractivity contribution in [1.82, 2.24) is 14.8 Å². The van der Waals surface area contributed by atoms with Crippen LogP contribution in [0.4, 0.5) is 4.39 Å². The van der Waals surface area contributed by atoms with Gasteiger partial charge in [-0.05, 0) is 24.6 Å². The van der Waals surface area contributed by atoms with E-state index in [1.165, 1.54) is 17.8 Å². The fourth-order valence-electron chi connectivity index (χ4n) is 3.78. The first-order valence-corrected chi connectivity index (χ1v) is 9.60. The lowest BCUT2D eigenvalue weighted by Crippen LogP contribution is -2.26. The number of aromatic amines is 1. The molecule has 4 aromatic rings. The van der Waals surface area contributed by atoms with E-state index in [0.717, 1.165) is 9.58 Å². The van der Waals surface area contributed by atoms with Crippen LogP contribution in [0.25, 0.3) is 27.4 Å². The second-order valence-corrected chi connectivity index (χ2v) is 7.70. The van der Waals surface area contributed by atoms with Gasteiger partial charge in [-0.3, -0.25) is 9.59 Å². The second-order valence-electron chi connectivity index (χ2n) is 6.65. The Hall–Kier alpha value is -3.13. The fourth-order valence-corrected chi connectivity index (χ4v) is 4.83. The number of hydrogen-bond acceptors (Lipinski definition) is 4. The number of hydrogen-bond donors (Lipinski definition) is 2. The van der Waals surface area contributed by atoms with E-state index in [-0.39, 0.29) is 0 Å². The van der Waals surface area contributed by atoms with E-state index in [0.29, 0.717) is 44.5 Å². The van der Waals surface area contributed by atoms with Crippen LogP contribution < -0.4 is 5.56 Å². The minimum absolute atomic E-state index is 0.297. The zero-order valence-corrected chi connectivity index (χ0v) is 15.5. The van der Waals surface area contributed by atoms with Crippen molar-refractivity contribution in [3.05, 3.63) is 58.3 Å². The number of halogens is 1. The molecule has 6 nitrogen and oxygen atoms in total. The standard InChI is InChI=1S/C20H14FN3O3S/c1-2-9(20(26)27)15-10-5-3-4-6-11(10)19(25)24(23-15)17-14-12(21)7-8-13-16(14)22-18(17)28-13/h3-9,22H,2H2,1H3,(H,26,27). The molecule has 0 amide bonds. The lowest BCUT2D eigenvalue weighted by atomic mass is 9.97. The molecule has 2 N–H and O–H groups in total. The van der Waals surface area contributed by atoms with Gasteiger partial charge in [0.05, 0.1) is 22.0 Å². The Morgan fingerprint density at radius 3 is 2.75 bits per heavy atom. The van der Waals surface area contributed by atoms with E-state index >= 15 is 0 Å². The molecule has 0 saturated carbocycles. The third-order valence-corrected chi connectivity index (χ3v) is 6.16. The van der Waals surface area contributed by atoms with Gasteiger partial charge in [0, 0.05) is 10.3 Å². The van der Waals surface area contributed by atoms with Crippen LogP contribution in [-0.4, -0.2) is 25.8 Å². The molecule has 0 fully saturated rings. The van der Waals surface area contributed by atoms with Crippen molar-refractivity contribution >= 4 is 39.4 Å². The highest BCUT2D eigenvalue weighted by Crippen LogP contribution is 2.47. The van der Waals surface area contributed by atoms with Crippen molar-refractivity contribution in [2.45, 2.75) is 29.2 Å². The number of nitrogens with zero attached hydrogens (tertiary/aromatic N) is 2. The number of H-pyrrole nitrogens is 1. The highest BCUT2D eigenvalue weighted by Gasteiger charge is 2.30. The summed E-state index contributed by atoms with van der Waals surface area (Å²) < 4.78 is 15.8. The van der Waals surface area contributed by atoms with Crippen LogP contribution in [0.15, 0.2) is 51.1 Å². The number of aromatic nitrogens is 3. The number of carboxylic acids is 1. The van der Waals surface area contributed by atoms with E-state index in [2.05, 4.69) is 10.1 Å². The van der Waals surface area contributed by atoms with E-state index < -0.39 is 23.3 Å². The van der Waals surface area contributed by atoms with E-state index in [1.807, 2.05) is 0 Å². The van der Waals surface area contributed by atoms with Gasteiger partial charge in [0.1, 0.15) is 22.4 Å². The van der Waals surface area contributed by atoms with Gasteiger partial charge in [0.25, 0.3) is 5.56 Å². The summed E-state index contributed by atoms with van der Waals surface area (Å²) in [5.41, 5.74) is 0.855. The lowest BCUT2D eigenvalue weighted by Gasteiger charge is -2.16. The van der Waals surface area contributed by atoms with E-state index in [9.17, 15) is 19.1 Å².